The number of hydrogen-bond donors (Lipinski definition) is 0. The van der Waals surface area contributed by atoms with Gasteiger partial charge >= 0.3 is 12.0 Å². The van der Waals surface area contributed by atoms with Crippen LogP contribution in [0.4, 0.5) is 18.9 Å². The number of amides is 1. The summed E-state index contributed by atoms with van der Waals surface area (Å²) in [5.74, 6) is 1.90. The molecular formula is C19H17ClF3N3O3. The van der Waals surface area contributed by atoms with Gasteiger partial charge in [-0.2, -0.15) is 8.78 Å². The molecular weight excluding hydrogens is 411 g/mol. The number of alkyl halides is 2. The summed E-state index contributed by atoms with van der Waals surface area (Å²) in [6.45, 7) is 5.29. The SMILES string of the molecule is CC#CCN1C(=O)C(F)(F)Oc2cc(F)c(-c3c(Cl)n(CC)n(CC)c3=O)cc21. The molecule has 1 aliphatic heterocycles. The Bertz CT molecular complexity index is 1110. The molecule has 10 heteroatoms. The quantitative estimate of drug-likeness (QED) is 0.702. The fourth-order valence-corrected chi connectivity index (χ4v) is 3.60. The highest BCUT2D eigenvalue weighted by Gasteiger charge is 2.50. The van der Waals surface area contributed by atoms with Crippen molar-refractivity contribution in [2.24, 2.45) is 0 Å². The van der Waals surface area contributed by atoms with Gasteiger partial charge in [0, 0.05) is 24.7 Å². The van der Waals surface area contributed by atoms with Gasteiger partial charge in [-0.3, -0.25) is 19.2 Å². The van der Waals surface area contributed by atoms with Crippen LogP contribution in [0, 0.1) is 17.7 Å². The van der Waals surface area contributed by atoms with E-state index < -0.39 is 29.1 Å². The minimum atomic E-state index is -4.16. The first-order valence-corrected chi connectivity index (χ1v) is 9.17. The molecule has 0 saturated carbocycles. The highest BCUT2D eigenvalue weighted by molar-refractivity contribution is 6.32. The largest absolute Gasteiger partial charge is 0.483 e. The van der Waals surface area contributed by atoms with Crippen molar-refractivity contribution < 1.29 is 22.7 Å². The number of fused-ring (bicyclic) bond motifs is 1. The van der Waals surface area contributed by atoms with Crippen LogP contribution in [-0.2, 0) is 17.9 Å². The van der Waals surface area contributed by atoms with Gasteiger partial charge in [0.05, 0.1) is 17.8 Å². The fraction of sp³-hybridized carbons (Fsp3) is 0.368. The van der Waals surface area contributed by atoms with Crippen molar-refractivity contribution >= 4 is 23.2 Å². The monoisotopic (exact) mass is 427 g/mol. The summed E-state index contributed by atoms with van der Waals surface area (Å²) in [6.07, 6.45) is -4.16. The summed E-state index contributed by atoms with van der Waals surface area (Å²) in [4.78, 5) is 25.6. The van der Waals surface area contributed by atoms with Gasteiger partial charge in [-0.1, -0.05) is 17.5 Å². The molecule has 0 fully saturated rings. The number of nitrogens with zero attached hydrogens (tertiary/aromatic N) is 3. The van der Waals surface area contributed by atoms with Crippen LogP contribution >= 0.6 is 11.6 Å². The maximum atomic E-state index is 14.8. The Morgan fingerprint density at radius 2 is 1.83 bits per heavy atom. The highest BCUT2D eigenvalue weighted by Crippen LogP contribution is 2.43. The molecule has 0 spiro atoms. The molecule has 6 nitrogen and oxygen atoms in total. The van der Waals surface area contributed by atoms with E-state index in [0.29, 0.717) is 24.1 Å². The molecule has 1 aromatic carbocycles. The first-order valence-electron chi connectivity index (χ1n) is 8.79. The maximum Gasteiger partial charge on any atom is 0.483 e. The second-order valence-corrected chi connectivity index (χ2v) is 6.50. The second-order valence-electron chi connectivity index (χ2n) is 6.14. The second kappa shape index (κ2) is 7.52. The molecule has 0 N–H and O–H groups in total. The number of halogens is 4. The summed E-state index contributed by atoms with van der Waals surface area (Å²) < 4.78 is 49.9. The molecule has 0 atom stereocenters. The summed E-state index contributed by atoms with van der Waals surface area (Å²) in [7, 11) is 0. The lowest BCUT2D eigenvalue weighted by Gasteiger charge is -2.32. The predicted octanol–water partition coefficient (Wildman–Crippen LogP) is 3.49. The molecule has 1 amide bonds. The van der Waals surface area contributed by atoms with Crippen LogP contribution in [0.3, 0.4) is 0 Å². The molecule has 0 aliphatic carbocycles. The predicted molar refractivity (Wildman–Crippen MR) is 102 cm³/mol. The average molecular weight is 428 g/mol. The molecule has 3 rings (SSSR count). The van der Waals surface area contributed by atoms with E-state index in [1.165, 1.54) is 16.3 Å². The third-order valence-electron chi connectivity index (χ3n) is 4.53. The number of ether oxygens (including phenoxy) is 1. The average Bonchev–Trinajstić information content (AvgIpc) is 2.91. The molecule has 1 aromatic heterocycles. The zero-order valence-electron chi connectivity index (χ0n) is 15.9. The van der Waals surface area contributed by atoms with E-state index in [9.17, 15) is 22.8 Å². The van der Waals surface area contributed by atoms with Crippen LogP contribution in [0.15, 0.2) is 16.9 Å². The lowest BCUT2D eigenvalue weighted by Crippen LogP contribution is -2.51. The van der Waals surface area contributed by atoms with Crippen LogP contribution in [0.25, 0.3) is 11.1 Å². The third kappa shape index (κ3) is 3.27. The summed E-state index contributed by atoms with van der Waals surface area (Å²) in [6, 6.07) is 1.82. The smallest absolute Gasteiger partial charge is 0.423 e. The Balaban J connectivity index is 2.27. The van der Waals surface area contributed by atoms with E-state index >= 15 is 0 Å². The van der Waals surface area contributed by atoms with Gasteiger partial charge in [0.25, 0.3) is 5.56 Å². The Labute approximate surface area is 169 Å². The van der Waals surface area contributed by atoms with Crippen LogP contribution in [-0.4, -0.2) is 27.9 Å². The molecule has 2 aromatic rings. The minimum absolute atomic E-state index is 0.00600. The Kier molecular flexibility index (Phi) is 5.41. The standard InChI is InChI=1S/C19H17ClF3N3O3/c1-4-7-8-24-13-9-11(12(21)10-14(13)29-19(22,23)18(24)28)15-16(20)25(5-2)26(6-3)17(15)27/h9-10H,5-6,8H2,1-3H3. The molecule has 1 aliphatic rings. The fourth-order valence-electron chi connectivity index (χ4n) is 3.20. The normalized spacial score (nSPS) is 14.9. The van der Waals surface area contributed by atoms with Gasteiger partial charge in [0.2, 0.25) is 0 Å². The van der Waals surface area contributed by atoms with Gasteiger partial charge in [-0.25, -0.2) is 9.07 Å². The molecule has 0 radical (unpaired) electrons. The van der Waals surface area contributed by atoms with E-state index in [1.807, 2.05) is 0 Å². The number of aromatic nitrogens is 2. The van der Waals surface area contributed by atoms with Crippen molar-refractivity contribution in [2.75, 3.05) is 11.4 Å². The summed E-state index contributed by atoms with van der Waals surface area (Å²) in [5.41, 5.74) is -1.000. The first kappa shape index (κ1) is 20.9. The van der Waals surface area contributed by atoms with Crippen molar-refractivity contribution in [3.63, 3.8) is 0 Å². The van der Waals surface area contributed by atoms with E-state index in [2.05, 4.69) is 16.6 Å². The van der Waals surface area contributed by atoms with Crippen molar-refractivity contribution in [1.82, 2.24) is 9.36 Å². The van der Waals surface area contributed by atoms with Gasteiger partial charge in [0.1, 0.15) is 11.0 Å². The highest BCUT2D eigenvalue weighted by atomic mass is 35.5. The number of hydrogen-bond acceptors (Lipinski definition) is 3. The van der Waals surface area contributed by atoms with Gasteiger partial charge < -0.3 is 4.74 Å². The van der Waals surface area contributed by atoms with Crippen molar-refractivity contribution in [3.8, 4) is 28.7 Å². The summed E-state index contributed by atoms with van der Waals surface area (Å²) in [5, 5.41) is 0.00600. The molecule has 2 heterocycles. The summed E-state index contributed by atoms with van der Waals surface area (Å²) >= 11 is 6.32. The molecule has 154 valence electrons. The van der Waals surface area contributed by atoms with Gasteiger partial charge in [0.15, 0.2) is 5.75 Å². The molecule has 0 bridgehead atoms. The molecule has 29 heavy (non-hydrogen) atoms. The number of carbonyl (C=O) groups excluding carboxylic acids is 1. The van der Waals surface area contributed by atoms with Crippen molar-refractivity contribution in [2.45, 2.75) is 40.0 Å². The van der Waals surface area contributed by atoms with Crippen LogP contribution in [0.5, 0.6) is 5.75 Å². The number of anilines is 1. The van der Waals surface area contributed by atoms with Gasteiger partial charge in [-0.05, 0) is 26.8 Å². The van der Waals surface area contributed by atoms with E-state index in [-0.39, 0.29) is 28.5 Å². The first-order chi connectivity index (χ1) is 13.7. The third-order valence-corrected chi connectivity index (χ3v) is 4.91. The van der Waals surface area contributed by atoms with Crippen LogP contribution in [0.1, 0.15) is 20.8 Å². The molecule has 0 unspecified atom stereocenters. The van der Waals surface area contributed by atoms with Gasteiger partial charge in [-0.15, -0.1) is 5.92 Å². The zero-order valence-corrected chi connectivity index (χ0v) is 16.6. The lowest BCUT2D eigenvalue weighted by molar-refractivity contribution is -0.192. The minimum Gasteiger partial charge on any atom is -0.423 e. The molecule has 0 saturated heterocycles. The number of benzene rings is 1. The Morgan fingerprint density at radius 3 is 2.38 bits per heavy atom. The van der Waals surface area contributed by atoms with E-state index in [1.54, 1.807) is 13.8 Å². The van der Waals surface area contributed by atoms with E-state index in [4.69, 9.17) is 11.6 Å². The Morgan fingerprint density at radius 1 is 1.17 bits per heavy atom. The zero-order chi connectivity index (χ0) is 21.5. The lowest BCUT2D eigenvalue weighted by atomic mass is 10.1. The number of rotatable bonds is 4. The van der Waals surface area contributed by atoms with Crippen LogP contribution < -0.4 is 15.2 Å². The van der Waals surface area contributed by atoms with Crippen molar-refractivity contribution in [3.05, 3.63) is 33.5 Å². The Hall–Kier alpha value is -2.86. The maximum absolute atomic E-state index is 14.8. The van der Waals surface area contributed by atoms with E-state index in [0.717, 1.165) is 6.07 Å². The van der Waals surface area contributed by atoms with Crippen molar-refractivity contribution in [1.29, 1.82) is 0 Å². The van der Waals surface area contributed by atoms with Crippen LogP contribution in [0.2, 0.25) is 5.15 Å². The number of carbonyl (C=O) groups is 1. The topological polar surface area (TPSA) is 56.5 Å².